The van der Waals surface area contributed by atoms with E-state index in [4.69, 9.17) is 4.98 Å². The molecule has 0 spiro atoms. The summed E-state index contributed by atoms with van der Waals surface area (Å²) in [5, 5.41) is 0. The standard InChI is InChI=1S/C15H19BrN4/c16-13-10-19-9-7-17-14(19)15(18-13)20-8-3-5-11-4-1-2-6-12(11)20/h7,9-12H,1-6,8H2. The van der Waals surface area contributed by atoms with Crippen LogP contribution >= 0.6 is 15.9 Å². The van der Waals surface area contributed by atoms with Crippen LogP contribution in [0.15, 0.2) is 23.2 Å². The second-order valence-electron chi connectivity index (χ2n) is 5.99. The number of rotatable bonds is 1. The minimum Gasteiger partial charge on any atom is -0.350 e. The zero-order valence-electron chi connectivity index (χ0n) is 11.5. The smallest absolute Gasteiger partial charge is 0.180 e. The number of hydrogen-bond donors (Lipinski definition) is 0. The van der Waals surface area contributed by atoms with Crippen molar-refractivity contribution in [3.05, 3.63) is 23.2 Å². The predicted molar refractivity (Wildman–Crippen MR) is 83.0 cm³/mol. The normalized spacial score (nSPS) is 26.8. The lowest BCUT2D eigenvalue weighted by Crippen LogP contribution is -2.47. The minimum atomic E-state index is 0.666. The van der Waals surface area contributed by atoms with E-state index >= 15 is 0 Å². The molecular weight excluding hydrogens is 316 g/mol. The van der Waals surface area contributed by atoms with Crippen LogP contribution in [-0.2, 0) is 0 Å². The predicted octanol–water partition coefficient (Wildman–Crippen LogP) is 3.65. The first-order valence-electron chi connectivity index (χ1n) is 7.59. The number of imidazole rings is 1. The molecule has 1 saturated heterocycles. The number of hydrogen-bond acceptors (Lipinski definition) is 3. The van der Waals surface area contributed by atoms with E-state index in [-0.39, 0.29) is 0 Å². The Morgan fingerprint density at radius 1 is 1.15 bits per heavy atom. The van der Waals surface area contributed by atoms with Crippen molar-refractivity contribution in [2.24, 2.45) is 5.92 Å². The molecule has 1 saturated carbocycles. The Kier molecular flexibility index (Phi) is 3.17. The fraction of sp³-hybridized carbons (Fsp3) is 0.600. The van der Waals surface area contributed by atoms with E-state index in [1.807, 2.05) is 18.6 Å². The maximum absolute atomic E-state index is 4.75. The second kappa shape index (κ2) is 5.02. The van der Waals surface area contributed by atoms with Gasteiger partial charge in [0.05, 0.1) is 0 Å². The zero-order valence-corrected chi connectivity index (χ0v) is 13.1. The number of fused-ring (bicyclic) bond motifs is 2. The van der Waals surface area contributed by atoms with E-state index in [0.29, 0.717) is 6.04 Å². The SMILES string of the molecule is Brc1cn2ccnc2c(N2CCCC3CCCCC32)n1. The summed E-state index contributed by atoms with van der Waals surface area (Å²) in [5.41, 5.74) is 0.986. The van der Waals surface area contributed by atoms with Gasteiger partial charge in [-0.15, -0.1) is 0 Å². The monoisotopic (exact) mass is 334 g/mol. The van der Waals surface area contributed by atoms with E-state index in [1.54, 1.807) is 0 Å². The summed E-state index contributed by atoms with van der Waals surface area (Å²) >= 11 is 3.54. The first-order valence-corrected chi connectivity index (χ1v) is 8.38. The molecule has 20 heavy (non-hydrogen) atoms. The highest BCUT2D eigenvalue weighted by Gasteiger charge is 2.34. The van der Waals surface area contributed by atoms with Crippen LogP contribution in [0.1, 0.15) is 38.5 Å². The number of aromatic nitrogens is 3. The Hall–Kier alpha value is -1.10. The summed E-state index contributed by atoms with van der Waals surface area (Å²) in [5.74, 6) is 1.91. The van der Waals surface area contributed by atoms with Crippen molar-refractivity contribution >= 4 is 27.4 Å². The van der Waals surface area contributed by atoms with Crippen LogP contribution < -0.4 is 4.90 Å². The molecule has 2 aromatic rings. The van der Waals surface area contributed by atoms with Gasteiger partial charge in [-0.2, -0.15) is 0 Å². The van der Waals surface area contributed by atoms with Crippen molar-refractivity contribution in [3.63, 3.8) is 0 Å². The van der Waals surface area contributed by atoms with Crippen molar-refractivity contribution in [2.45, 2.75) is 44.6 Å². The Balaban J connectivity index is 1.79. The molecule has 0 radical (unpaired) electrons. The third-order valence-corrected chi connectivity index (χ3v) is 5.22. The third kappa shape index (κ3) is 2.03. The fourth-order valence-corrected chi connectivity index (χ4v) is 4.35. The summed E-state index contributed by atoms with van der Waals surface area (Å²) in [7, 11) is 0. The van der Waals surface area contributed by atoms with Crippen LogP contribution in [0.5, 0.6) is 0 Å². The van der Waals surface area contributed by atoms with Gasteiger partial charge in [0, 0.05) is 31.2 Å². The molecule has 4 rings (SSSR count). The van der Waals surface area contributed by atoms with Crippen molar-refractivity contribution in [2.75, 3.05) is 11.4 Å². The van der Waals surface area contributed by atoms with Gasteiger partial charge in [-0.3, -0.25) is 0 Å². The van der Waals surface area contributed by atoms with Gasteiger partial charge < -0.3 is 9.30 Å². The second-order valence-corrected chi connectivity index (χ2v) is 6.81. The van der Waals surface area contributed by atoms with Gasteiger partial charge in [-0.1, -0.05) is 12.8 Å². The molecular formula is C15H19BrN4. The van der Waals surface area contributed by atoms with E-state index < -0.39 is 0 Å². The lowest BCUT2D eigenvalue weighted by molar-refractivity contribution is 0.243. The first kappa shape index (κ1) is 12.6. The molecule has 2 aliphatic rings. The van der Waals surface area contributed by atoms with Crippen LogP contribution in [-0.4, -0.2) is 27.0 Å². The molecule has 3 heterocycles. The van der Waals surface area contributed by atoms with E-state index in [1.165, 1.54) is 38.5 Å². The zero-order chi connectivity index (χ0) is 13.5. The molecule has 0 aromatic carbocycles. The van der Waals surface area contributed by atoms with E-state index in [9.17, 15) is 0 Å². The summed E-state index contributed by atoms with van der Waals surface area (Å²) in [6.45, 7) is 1.12. The van der Waals surface area contributed by atoms with Gasteiger partial charge in [0.25, 0.3) is 0 Å². The summed E-state index contributed by atoms with van der Waals surface area (Å²) in [6, 6.07) is 0.666. The highest BCUT2D eigenvalue weighted by molar-refractivity contribution is 9.10. The number of halogens is 1. The highest BCUT2D eigenvalue weighted by atomic mass is 79.9. The Morgan fingerprint density at radius 3 is 2.95 bits per heavy atom. The van der Waals surface area contributed by atoms with E-state index in [0.717, 1.165) is 28.5 Å². The van der Waals surface area contributed by atoms with Crippen LogP contribution in [0, 0.1) is 5.92 Å². The Bertz CT molecular complexity index is 621. The summed E-state index contributed by atoms with van der Waals surface area (Å²) in [4.78, 5) is 11.8. The number of nitrogens with zero attached hydrogens (tertiary/aromatic N) is 4. The van der Waals surface area contributed by atoms with Gasteiger partial charge in [0.2, 0.25) is 0 Å². The maximum Gasteiger partial charge on any atom is 0.180 e. The molecule has 1 aliphatic heterocycles. The molecule has 2 unspecified atom stereocenters. The molecule has 5 heteroatoms. The van der Waals surface area contributed by atoms with Crippen molar-refractivity contribution in [1.29, 1.82) is 0 Å². The minimum absolute atomic E-state index is 0.666. The molecule has 106 valence electrons. The average molecular weight is 335 g/mol. The van der Waals surface area contributed by atoms with Gasteiger partial charge in [0.1, 0.15) is 4.60 Å². The molecule has 0 N–H and O–H groups in total. The molecule has 1 aliphatic carbocycles. The fourth-order valence-electron chi connectivity index (χ4n) is 3.97. The van der Waals surface area contributed by atoms with Gasteiger partial charge in [0.15, 0.2) is 11.5 Å². The van der Waals surface area contributed by atoms with Crippen LogP contribution in [0.2, 0.25) is 0 Å². The van der Waals surface area contributed by atoms with Crippen LogP contribution in [0.4, 0.5) is 5.82 Å². The first-order chi connectivity index (χ1) is 9.83. The largest absolute Gasteiger partial charge is 0.350 e. The van der Waals surface area contributed by atoms with Gasteiger partial charge >= 0.3 is 0 Å². The topological polar surface area (TPSA) is 33.4 Å². The van der Waals surface area contributed by atoms with Crippen molar-refractivity contribution < 1.29 is 0 Å². The maximum atomic E-state index is 4.75. The molecule has 0 amide bonds. The Labute approximate surface area is 127 Å². The molecule has 2 fully saturated rings. The summed E-state index contributed by atoms with van der Waals surface area (Å²) in [6.07, 6.45) is 14.0. The van der Waals surface area contributed by atoms with Gasteiger partial charge in [-0.05, 0) is 47.5 Å². The Morgan fingerprint density at radius 2 is 2.00 bits per heavy atom. The lowest BCUT2D eigenvalue weighted by atomic mass is 9.78. The molecule has 2 aromatic heterocycles. The lowest BCUT2D eigenvalue weighted by Gasteiger charge is -2.44. The van der Waals surface area contributed by atoms with Crippen LogP contribution in [0.3, 0.4) is 0 Å². The molecule has 0 bridgehead atoms. The van der Waals surface area contributed by atoms with Gasteiger partial charge in [-0.25, -0.2) is 9.97 Å². The third-order valence-electron chi connectivity index (χ3n) is 4.84. The van der Waals surface area contributed by atoms with Crippen molar-refractivity contribution in [3.8, 4) is 0 Å². The van der Waals surface area contributed by atoms with Crippen molar-refractivity contribution in [1.82, 2.24) is 14.4 Å². The molecule has 4 nitrogen and oxygen atoms in total. The molecule has 2 atom stereocenters. The number of anilines is 1. The van der Waals surface area contributed by atoms with Crippen LogP contribution in [0.25, 0.3) is 5.65 Å². The highest BCUT2D eigenvalue weighted by Crippen LogP contribution is 2.38. The average Bonchev–Trinajstić information content (AvgIpc) is 2.94. The van der Waals surface area contributed by atoms with E-state index in [2.05, 4.69) is 30.2 Å². The quantitative estimate of drug-likeness (QED) is 0.798. The number of piperidine rings is 1. The summed E-state index contributed by atoms with van der Waals surface area (Å²) < 4.78 is 2.95.